The Morgan fingerprint density at radius 1 is 0.969 bits per heavy atom. The van der Waals surface area contributed by atoms with Gasteiger partial charge in [0.2, 0.25) is 0 Å². The fourth-order valence-electron chi connectivity index (χ4n) is 3.95. The molecule has 0 aromatic carbocycles. The number of anilines is 3. The van der Waals surface area contributed by atoms with Crippen molar-refractivity contribution >= 4 is 39.4 Å². The summed E-state index contributed by atoms with van der Waals surface area (Å²) in [6.45, 7) is 1.41. The van der Waals surface area contributed by atoms with E-state index in [0.717, 1.165) is 45.0 Å². The van der Waals surface area contributed by atoms with E-state index in [9.17, 15) is 0 Å². The lowest BCUT2D eigenvalue weighted by Crippen LogP contribution is -2.40. The molecular formula is C22H23N9O. The molecule has 1 aliphatic rings. The van der Waals surface area contributed by atoms with Gasteiger partial charge in [-0.2, -0.15) is 10.2 Å². The lowest BCUT2D eigenvalue weighted by atomic mass is 10.2. The fourth-order valence-corrected chi connectivity index (χ4v) is 3.95. The Labute approximate surface area is 183 Å². The molecule has 0 saturated carbocycles. The predicted octanol–water partition coefficient (Wildman–Crippen LogP) is 2.81. The normalized spacial score (nSPS) is 14.2. The zero-order chi connectivity index (χ0) is 21.8. The number of rotatable bonds is 5. The van der Waals surface area contributed by atoms with Gasteiger partial charge in [-0.25, -0.2) is 9.97 Å². The third-order valence-electron chi connectivity index (χ3n) is 5.82. The second-order valence-corrected chi connectivity index (χ2v) is 8.14. The summed E-state index contributed by atoms with van der Waals surface area (Å²) < 4.78 is 10.9. The highest BCUT2D eigenvalue weighted by Crippen LogP contribution is 2.29. The van der Waals surface area contributed by atoms with Crippen molar-refractivity contribution < 1.29 is 4.74 Å². The molecule has 10 heteroatoms. The largest absolute Gasteiger partial charge is 0.377 e. The van der Waals surface area contributed by atoms with Crippen LogP contribution in [-0.4, -0.2) is 53.4 Å². The molecule has 5 aromatic rings. The molecule has 32 heavy (non-hydrogen) atoms. The van der Waals surface area contributed by atoms with Gasteiger partial charge >= 0.3 is 0 Å². The molecule has 1 aliphatic heterocycles. The maximum atomic E-state index is 5.31. The molecule has 10 nitrogen and oxygen atoms in total. The third kappa shape index (κ3) is 3.07. The Morgan fingerprint density at radius 3 is 2.66 bits per heavy atom. The molecule has 6 rings (SSSR count). The molecule has 0 unspecified atom stereocenters. The summed E-state index contributed by atoms with van der Waals surface area (Å²) in [7, 11) is 5.79. The zero-order valence-electron chi connectivity index (χ0n) is 18.1. The smallest absolute Gasteiger partial charge is 0.161 e. The van der Waals surface area contributed by atoms with Crippen molar-refractivity contribution in [1.29, 1.82) is 0 Å². The highest BCUT2D eigenvalue weighted by molar-refractivity contribution is 5.91. The number of fused-ring (bicyclic) bond motifs is 2. The van der Waals surface area contributed by atoms with E-state index in [1.165, 1.54) is 0 Å². The van der Waals surface area contributed by atoms with Gasteiger partial charge in [-0.15, -0.1) is 0 Å². The highest BCUT2D eigenvalue weighted by atomic mass is 16.5. The molecule has 6 heterocycles. The van der Waals surface area contributed by atoms with E-state index >= 15 is 0 Å². The second kappa shape index (κ2) is 7.06. The summed E-state index contributed by atoms with van der Waals surface area (Å²) in [4.78, 5) is 9.55. The number of hydrogen-bond acceptors (Lipinski definition) is 7. The van der Waals surface area contributed by atoms with Crippen LogP contribution in [0.4, 0.5) is 17.3 Å². The van der Waals surface area contributed by atoms with Crippen molar-refractivity contribution in [3.05, 3.63) is 42.7 Å². The van der Waals surface area contributed by atoms with E-state index < -0.39 is 0 Å². The number of aryl methyl sites for hydroxylation is 3. The van der Waals surface area contributed by atoms with Gasteiger partial charge in [0.25, 0.3) is 0 Å². The first-order valence-electron chi connectivity index (χ1n) is 10.5. The maximum Gasteiger partial charge on any atom is 0.161 e. The van der Waals surface area contributed by atoms with Crippen molar-refractivity contribution in [3.63, 3.8) is 0 Å². The van der Waals surface area contributed by atoms with Crippen LogP contribution < -0.4 is 10.6 Å². The molecular weight excluding hydrogens is 406 g/mol. The van der Waals surface area contributed by atoms with Crippen molar-refractivity contribution in [3.8, 4) is 11.4 Å². The second-order valence-electron chi connectivity index (χ2n) is 8.14. The lowest BCUT2D eigenvalue weighted by molar-refractivity contribution is 0.0211. The van der Waals surface area contributed by atoms with Crippen molar-refractivity contribution in [2.75, 3.05) is 23.8 Å². The predicted molar refractivity (Wildman–Crippen MR) is 123 cm³/mol. The molecule has 162 valence electrons. The van der Waals surface area contributed by atoms with Gasteiger partial charge in [-0.3, -0.25) is 9.36 Å². The first-order chi connectivity index (χ1) is 15.5. The van der Waals surface area contributed by atoms with Crippen LogP contribution in [0.1, 0.15) is 0 Å². The van der Waals surface area contributed by atoms with Gasteiger partial charge in [0, 0.05) is 44.9 Å². The minimum absolute atomic E-state index is 0.301. The van der Waals surface area contributed by atoms with E-state index in [0.29, 0.717) is 25.1 Å². The van der Waals surface area contributed by atoms with Crippen LogP contribution in [0.5, 0.6) is 0 Å². The number of pyridine rings is 2. The molecule has 2 N–H and O–H groups in total. The average Bonchev–Trinajstić information content (AvgIpc) is 3.43. The zero-order valence-corrected chi connectivity index (χ0v) is 18.1. The van der Waals surface area contributed by atoms with Gasteiger partial charge in [-0.1, -0.05) is 0 Å². The van der Waals surface area contributed by atoms with E-state index in [1.54, 1.807) is 9.36 Å². The minimum Gasteiger partial charge on any atom is -0.377 e. The summed E-state index contributed by atoms with van der Waals surface area (Å²) in [5.41, 5.74) is 4.34. The molecule has 0 amide bonds. The van der Waals surface area contributed by atoms with Gasteiger partial charge < -0.3 is 19.9 Å². The minimum atomic E-state index is 0.301. The van der Waals surface area contributed by atoms with Crippen LogP contribution in [-0.2, 0) is 25.9 Å². The van der Waals surface area contributed by atoms with Crippen molar-refractivity contribution in [2.24, 2.45) is 21.1 Å². The first kappa shape index (κ1) is 18.8. The number of aromatic nitrogens is 7. The average molecular weight is 429 g/mol. The first-order valence-corrected chi connectivity index (χ1v) is 10.5. The monoisotopic (exact) mass is 429 g/mol. The SMILES string of the molecule is Cn1nc(-c2ccc3ccn(C)c3n2)cc1Nc1cc(NC2COC2)c2cnn(C)c2n1. The standard InChI is InChI=1S/C22H23N9O/c1-29-7-6-13-4-5-16(25-21(13)29)18-9-20(30(2)28-18)26-19-8-17(24-14-11-32-12-14)15-10-23-31(3)22(15)27-19/h4-10,14H,11-12H2,1-3H3,(H2,24,26,27). The van der Waals surface area contributed by atoms with Gasteiger partial charge in [0.1, 0.15) is 23.0 Å². The summed E-state index contributed by atoms with van der Waals surface area (Å²) in [5.74, 6) is 1.53. The maximum absolute atomic E-state index is 5.31. The molecule has 0 spiro atoms. The number of ether oxygens (including phenoxy) is 1. The lowest BCUT2D eigenvalue weighted by Gasteiger charge is -2.28. The number of nitrogens with zero attached hydrogens (tertiary/aromatic N) is 7. The molecule has 1 saturated heterocycles. The van der Waals surface area contributed by atoms with Gasteiger partial charge in [-0.05, 0) is 18.2 Å². The Balaban J connectivity index is 1.35. The summed E-state index contributed by atoms with van der Waals surface area (Å²) in [6.07, 6.45) is 3.84. The summed E-state index contributed by atoms with van der Waals surface area (Å²) >= 11 is 0. The topological polar surface area (TPSA) is 99.6 Å². The van der Waals surface area contributed by atoms with Crippen LogP contribution in [0.2, 0.25) is 0 Å². The third-order valence-corrected chi connectivity index (χ3v) is 5.82. The molecule has 0 atom stereocenters. The molecule has 0 bridgehead atoms. The van der Waals surface area contributed by atoms with E-state index in [-0.39, 0.29) is 0 Å². The van der Waals surface area contributed by atoms with E-state index in [1.807, 2.05) is 56.3 Å². The Kier molecular flexibility index (Phi) is 4.15. The van der Waals surface area contributed by atoms with Crippen LogP contribution in [0.25, 0.3) is 33.5 Å². The molecule has 0 radical (unpaired) electrons. The highest BCUT2D eigenvalue weighted by Gasteiger charge is 2.20. The van der Waals surface area contributed by atoms with E-state index in [4.69, 9.17) is 14.7 Å². The Morgan fingerprint density at radius 2 is 1.84 bits per heavy atom. The van der Waals surface area contributed by atoms with Crippen LogP contribution >= 0.6 is 0 Å². The van der Waals surface area contributed by atoms with Gasteiger partial charge in [0.15, 0.2) is 5.65 Å². The van der Waals surface area contributed by atoms with Crippen LogP contribution in [0.3, 0.4) is 0 Å². The summed E-state index contributed by atoms with van der Waals surface area (Å²) in [5, 5.41) is 18.1. The molecule has 5 aromatic heterocycles. The molecule has 0 aliphatic carbocycles. The van der Waals surface area contributed by atoms with Gasteiger partial charge in [0.05, 0.1) is 42.2 Å². The Bertz CT molecular complexity index is 1460. The number of nitrogens with one attached hydrogen (secondary N) is 2. The van der Waals surface area contributed by atoms with E-state index in [2.05, 4.69) is 33.0 Å². The fraction of sp³-hybridized carbons (Fsp3) is 0.273. The van der Waals surface area contributed by atoms with Crippen molar-refractivity contribution in [2.45, 2.75) is 6.04 Å². The number of hydrogen-bond donors (Lipinski definition) is 2. The molecule has 1 fully saturated rings. The quantitative estimate of drug-likeness (QED) is 0.443. The Hall–Kier alpha value is -3.92. The van der Waals surface area contributed by atoms with Crippen LogP contribution in [0, 0.1) is 0 Å². The van der Waals surface area contributed by atoms with Crippen LogP contribution in [0.15, 0.2) is 42.7 Å². The van der Waals surface area contributed by atoms with Crippen molar-refractivity contribution in [1.82, 2.24) is 34.1 Å². The summed E-state index contributed by atoms with van der Waals surface area (Å²) in [6, 6.07) is 10.4.